The number of rotatable bonds is 4. The standard InChI is InChI=1S/C20H17F6N5OS/c1-30(10-11-3-5-12(6-4-11)33(22,23,24,25)26)20(32)13-7-14-17(8-16(13)21)29-19(27)15-9-28-31(2)18(14)15/h3-9H,10H2,1-2H3,(H2,27,29). The molecule has 0 aliphatic carbocycles. The fourth-order valence-corrected chi connectivity index (χ4v) is 4.20. The lowest BCUT2D eigenvalue weighted by Gasteiger charge is -2.40. The lowest BCUT2D eigenvalue weighted by atomic mass is 10.1. The van der Waals surface area contributed by atoms with Gasteiger partial charge in [0.2, 0.25) is 0 Å². The molecule has 13 heteroatoms. The summed E-state index contributed by atoms with van der Waals surface area (Å²) in [6, 6.07) is 4.58. The summed E-state index contributed by atoms with van der Waals surface area (Å²) in [7, 11) is -6.83. The van der Waals surface area contributed by atoms with E-state index in [0.717, 1.165) is 23.1 Å². The van der Waals surface area contributed by atoms with E-state index in [4.69, 9.17) is 5.73 Å². The molecule has 0 aliphatic heterocycles. The quantitative estimate of drug-likeness (QED) is 0.369. The lowest BCUT2D eigenvalue weighted by molar-refractivity contribution is 0.0780. The van der Waals surface area contributed by atoms with Crippen molar-refractivity contribution >= 4 is 43.8 Å². The van der Waals surface area contributed by atoms with Crippen molar-refractivity contribution < 1.29 is 28.6 Å². The van der Waals surface area contributed by atoms with Crippen LogP contribution in [0.3, 0.4) is 0 Å². The zero-order chi connectivity index (χ0) is 24.4. The number of halogens is 6. The van der Waals surface area contributed by atoms with Crippen LogP contribution in [-0.2, 0) is 13.6 Å². The minimum absolute atomic E-state index is 0.149. The number of aromatic nitrogens is 3. The van der Waals surface area contributed by atoms with Gasteiger partial charge in [-0.1, -0.05) is 31.6 Å². The molecule has 33 heavy (non-hydrogen) atoms. The number of nitrogen functional groups attached to an aromatic ring is 1. The van der Waals surface area contributed by atoms with Gasteiger partial charge in [0.15, 0.2) is 0 Å². The Bertz CT molecular complexity index is 1440. The number of nitrogens with zero attached hydrogens (tertiary/aromatic N) is 4. The molecule has 176 valence electrons. The van der Waals surface area contributed by atoms with Gasteiger partial charge in [0, 0.05) is 32.1 Å². The zero-order valence-corrected chi connectivity index (χ0v) is 18.0. The normalized spacial score (nSPS) is 14.3. The molecule has 0 aliphatic rings. The van der Waals surface area contributed by atoms with Crippen molar-refractivity contribution in [1.29, 1.82) is 0 Å². The van der Waals surface area contributed by atoms with Gasteiger partial charge >= 0.3 is 10.2 Å². The van der Waals surface area contributed by atoms with Crippen LogP contribution in [0.25, 0.3) is 21.8 Å². The second-order valence-electron chi connectivity index (χ2n) is 7.65. The third-order valence-electron chi connectivity index (χ3n) is 5.16. The summed E-state index contributed by atoms with van der Waals surface area (Å²) in [4.78, 5) is 16.1. The van der Waals surface area contributed by atoms with Crippen LogP contribution in [0, 0.1) is 5.82 Å². The highest BCUT2D eigenvalue weighted by molar-refractivity contribution is 8.45. The summed E-state index contributed by atoms with van der Waals surface area (Å²) in [6.07, 6.45) is 1.49. The molecule has 0 saturated heterocycles. The SMILES string of the molecule is CN(Cc1ccc(S(F)(F)(F)(F)F)cc1)C(=O)c1cc2c(cc1F)nc(N)c1cnn(C)c12. The van der Waals surface area contributed by atoms with Gasteiger partial charge in [-0.15, -0.1) is 0 Å². The van der Waals surface area contributed by atoms with Crippen molar-refractivity contribution in [2.75, 3.05) is 12.8 Å². The van der Waals surface area contributed by atoms with Crippen LogP contribution in [0.2, 0.25) is 0 Å². The first kappa shape index (κ1) is 22.7. The number of nitrogens with two attached hydrogens (primary N) is 1. The molecule has 0 spiro atoms. The number of hydrogen-bond acceptors (Lipinski definition) is 4. The van der Waals surface area contributed by atoms with Gasteiger partial charge in [0.25, 0.3) is 5.91 Å². The predicted molar refractivity (Wildman–Crippen MR) is 114 cm³/mol. The molecule has 2 aromatic carbocycles. The number of carbonyl (C=O) groups is 1. The Morgan fingerprint density at radius 2 is 1.73 bits per heavy atom. The highest BCUT2D eigenvalue weighted by Crippen LogP contribution is 3.02. The summed E-state index contributed by atoms with van der Waals surface area (Å²) >= 11 is 0. The average molecular weight is 489 g/mol. The van der Waals surface area contributed by atoms with E-state index in [0.29, 0.717) is 16.3 Å². The summed E-state index contributed by atoms with van der Waals surface area (Å²) in [5, 5.41) is 5.05. The summed E-state index contributed by atoms with van der Waals surface area (Å²) in [5.41, 5.74) is 6.50. The van der Waals surface area contributed by atoms with Crippen LogP contribution >= 0.6 is 10.2 Å². The molecule has 4 rings (SSSR count). The van der Waals surface area contributed by atoms with E-state index < -0.39 is 26.8 Å². The molecule has 4 aromatic rings. The third kappa shape index (κ3) is 4.15. The maximum atomic E-state index is 14.7. The van der Waals surface area contributed by atoms with Crippen molar-refractivity contribution in [3.63, 3.8) is 0 Å². The fraction of sp³-hybridized carbons (Fsp3) is 0.150. The van der Waals surface area contributed by atoms with Gasteiger partial charge in [0.1, 0.15) is 16.5 Å². The van der Waals surface area contributed by atoms with Crippen LogP contribution in [0.5, 0.6) is 0 Å². The first-order valence-electron chi connectivity index (χ1n) is 9.34. The van der Waals surface area contributed by atoms with Gasteiger partial charge in [-0.3, -0.25) is 9.48 Å². The molecule has 2 N–H and O–H groups in total. The zero-order valence-electron chi connectivity index (χ0n) is 17.2. The van der Waals surface area contributed by atoms with Crippen LogP contribution in [0.4, 0.5) is 29.6 Å². The number of pyridine rings is 1. The molecule has 0 bridgehead atoms. The molecular formula is C20H17F6N5OS. The van der Waals surface area contributed by atoms with E-state index in [1.807, 2.05) is 0 Å². The van der Waals surface area contributed by atoms with Crippen LogP contribution < -0.4 is 5.73 Å². The van der Waals surface area contributed by atoms with Gasteiger partial charge < -0.3 is 10.6 Å². The molecular weight excluding hydrogens is 472 g/mol. The van der Waals surface area contributed by atoms with Gasteiger partial charge in [-0.2, -0.15) is 5.10 Å². The Hall–Kier alpha value is -3.48. The number of fused-ring (bicyclic) bond motifs is 3. The highest BCUT2D eigenvalue weighted by Gasteiger charge is 2.65. The summed E-state index contributed by atoms with van der Waals surface area (Å²) in [5.74, 6) is -1.49. The van der Waals surface area contributed by atoms with E-state index in [1.54, 1.807) is 7.05 Å². The van der Waals surface area contributed by atoms with Crippen molar-refractivity contribution in [3.8, 4) is 0 Å². The molecule has 2 heterocycles. The molecule has 0 fully saturated rings. The highest BCUT2D eigenvalue weighted by atomic mass is 32.5. The first-order valence-corrected chi connectivity index (χ1v) is 11.3. The van der Waals surface area contributed by atoms with Crippen LogP contribution in [0.1, 0.15) is 15.9 Å². The Balaban J connectivity index is 1.67. The smallest absolute Gasteiger partial charge is 0.310 e. The van der Waals surface area contributed by atoms with Crippen molar-refractivity contribution in [2.45, 2.75) is 11.4 Å². The van der Waals surface area contributed by atoms with Crippen LogP contribution in [-0.4, -0.2) is 32.6 Å². The molecule has 2 aromatic heterocycles. The minimum Gasteiger partial charge on any atom is -0.383 e. The predicted octanol–water partition coefficient (Wildman–Crippen LogP) is 5.77. The Labute approximate surface area is 183 Å². The van der Waals surface area contributed by atoms with E-state index in [2.05, 4.69) is 10.1 Å². The summed E-state index contributed by atoms with van der Waals surface area (Å²) < 4.78 is 80.6. The lowest BCUT2D eigenvalue weighted by Crippen LogP contribution is -2.27. The second kappa shape index (κ2) is 6.53. The van der Waals surface area contributed by atoms with Crippen molar-refractivity contribution in [1.82, 2.24) is 19.7 Å². The number of aryl methyl sites for hydroxylation is 1. The van der Waals surface area contributed by atoms with Crippen molar-refractivity contribution in [3.05, 3.63) is 59.5 Å². The fourth-order valence-electron chi connectivity index (χ4n) is 3.55. The summed E-state index contributed by atoms with van der Waals surface area (Å²) in [6.45, 7) is -0.238. The second-order valence-corrected chi connectivity index (χ2v) is 10.1. The van der Waals surface area contributed by atoms with Crippen LogP contribution in [0.15, 0.2) is 47.5 Å². The molecule has 1 amide bonds. The van der Waals surface area contributed by atoms with Gasteiger partial charge in [0.05, 0.1) is 28.2 Å². The molecule has 6 nitrogen and oxygen atoms in total. The molecule has 0 unspecified atom stereocenters. The topological polar surface area (TPSA) is 77.0 Å². The Morgan fingerprint density at radius 3 is 2.33 bits per heavy atom. The van der Waals surface area contributed by atoms with E-state index in [9.17, 15) is 28.6 Å². The molecule has 0 radical (unpaired) electrons. The number of carbonyl (C=O) groups excluding carboxylic acids is 1. The van der Waals surface area contributed by atoms with E-state index >= 15 is 0 Å². The number of benzene rings is 2. The van der Waals surface area contributed by atoms with E-state index in [1.165, 1.54) is 24.0 Å². The maximum Gasteiger partial charge on any atom is 0.310 e. The number of hydrogen-bond donors (Lipinski definition) is 1. The van der Waals surface area contributed by atoms with E-state index in [-0.39, 0.29) is 41.1 Å². The number of anilines is 1. The Kier molecular flexibility index (Phi) is 4.49. The molecule has 0 saturated carbocycles. The molecule has 0 atom stereocenters. The number of amides is 1. The third-order valence-corrected chi connectivity index (χ3v) is 6.32. The average Bonchev–Trinajstić information content (AvgIpc) is 3.08. The largest absolute Gasteiger partial charge is 0.383 e. The van der Waals surface area contributed by atoms with Crippen molar-refractivity contribution in [2.24, 2.45) is 7.05 Å². The maximum absolute atomic E-state index is 14.7. The minimum atomic E-state index is -9.79. The first-order chi connectivity index (χ1) is 15.0. The van der Waals surface area contributed by atoms with Gasteiger partial charge in [-0.25, -0.2) is 9.37 Å². The monoisotopic (exact) mass is 489 g/mol. The van der Waals surface area contributed by atoms with Gasteiger partial charge in [-0.05, 0) is 23.8 Å². The Morgan fingerprint density at radius 1 is 1.09 bits per heavy atom.